The summed E-state index contributed by atoms with van der Waals surface area (Å²) in [6, 6.07) is 7.30. The van der Waals surface area contributed by atoms with E-state index in [4.69, 9.17) is 9.15 Å². The van der Waals surface area contributed by atoms with Gasteiger partial charge < -0.3 is 14.5 Å². The Balaban J connectivity index is 1.37. The van der Waals surface area contributed by atoms with E-state index in [0.29, 0.717) is 18.7 Å². The maximum atomic E-state index is 12.6. The number of para-hydroxylation sites is 2. The predicted molar refractivity (Wildman–Crippen MR) is 106 cm³/mol. The summed E-state index contributed by atoms with van der Waals surface area (Å²) in [5.74, 6) is -0.429. The number of benzene rings is 1. The fourth-order valence-electron chi connectivity index (χ4n) is 4.64. The summed E-state index contributed by atoms with van der Waals surface area (Å²) >= 11 is 0. The van der Waals surface area contributed by atoms with Gasteiger partial charge in [-0.15, -0.1) is 0 Å². The summed E-state index contributed by atoms with van der Waals surface area (Å²) in [6.07, 6.45) is 6.21. The van der Waals surface area contributed by atoms with Crippen molar-refractivity contribution < 1.29 is 13.9 Å². The summed E-state index contributed by atoms with van der Waals surface area (Å²) < 4.78 is 12.3. The summed E-state index contributed by atoms with van der Waals surface area (Å²) in [5, 5.41) is 3.15. The van der Waals surface area contributed by atoms with Crippen LogP contribution in [0.25, 0.3) is 11.1 Å². The van der Waals surface area contributed by atoms with Gasteiger partial charge in [0, 0.05) is 38.1 Å². The van der Waals surface area contributed by atoms with Gasteiger partial charge in [-0.25, -0.2) is 4.79 Å². The predicted octanol–water partition coefficient (Wildman–Crippen LogP) is 2.14. The number of carbonyl (C=O) groups is 1. The normalized spacial score (nSPS) is 20.3. The zero-order valence-corrected chi connectivity index (χ0v) is 16.3. The maximum Gasteiger partial charge on any atom is 0.419 e. The van der Waals surface area contributed by atoms with Gasteiger partial charge in [0.15, 0.2) is 5.58 Å². The van der Waals surface area contributed by atoms with Gasteiger partial charge in [0.05, 0.1) is 18.7 Å². The lowest BCUT2D eigenvalue weighted by molar-refractivity contribution is -0.122. The molecule has 0 radical (unpaired) electrons. The van der Waals surface area contributed by atoms with Crippen LogP contribution in [0.4, 0.5) is 0 Å². The first-order valence-corrected chi connectivity index (χ1v) is 10.4. The van der Waals surface area contributed by atoms with E-state index < -0.39 is 5.76 Å². The summed E-state index contributed by atoms with van der Waals surface area (Å²) in [5.41, 5.74) is 1.34. The van der Waals surface area contributed by atoms with Crippen LogP contribution >= 0.6 is 0 Å². The molecule has 7 heteroatoms. The maximum absolute atomic E-state index is 12.6. The third-order valence-electron chi connectivity index (χ3n) is 6.22. The standard InChI is InChI=1S/C21H29N3O4/c25-19(8-11-24-17-6-2-3-7-18(17)28-20(24)26)22-16-21(9-4-1-5-10-21)23-12-14-27-15-13-23/h2-3,6-7H,1,4-5,8-16H2,(H,22,25). The van der Waals surface area contributed by atoms with Crippen LogP contribution in [0.15, 0.2) is 33.5 Å². The number of amides is 1. The molecule has 28 heavy (non-hydrogen) atoms. The topological polar surface area (TPSA) is 76.7 Å². The Morgan fingerprint density at radius 1 is 1.11 bits per heavy atom. The van der Waals surface area contributed by atoms with Crippen molar-refractivity contribution in [1.29, 1.82) is 0 Å². The van der Waals surface area contributed by atoms with E-state index in [1.807, 2.05) is 18.2 Å². The van der Waals surface area contributed by atoms with Crippen molar-refractivity contribution in [3.05, 3.63) is 34.8 Å². The zero-order chi connectivity index (χ0) is 19.4. The quantitative estimate of drug-likeness (QED) is 0.822. The molecule has 0 spiro atoms. The summed E-state index contributed by atoms with van der Waals surface area (Å²) in [4.78, 5) is 27.1. The molecule has 152 valence electrons. The smallest absolute Gasteiger partial charge is 0.408 e. The molecule has 1 aliphatic heterocycles. The number of morpholine rings is 1. The molecule has 1 N–H and O–H groups in total. The third-order valence-corrected chi connectivity index (χ3v) is 6.22. The van der Waals surface area contributed by atoms with Gasteiger partial charge in [-0.3, -0.25) is 14.3 Å². The first-order valence-electron chi connectivity index (χ1n) is 10.4. The minimum absolute atomic E-state index is 0.0182. The van der Waals surface area contributed by atoms with Gasteiger partial charge in [0.2, 0.25) is 5.91 Å². The van der Waals surface area contributed by atoms with Crippen LogP contribution in [0, 0.1) is 0 Å². The zero-order valence-electron chi connectivity index (χ0n) is 16.3. The number of fused-ring (bicyclic) bond motifs is 1. The molecule has 4 rings (SSSR count). The SMILES string of the molecule is O=C(CCn1c(=O)oc2ccccc21)NCC1(N2CCOCC2)CCCCC1. The molecule has 2 heterocycles. The number of hydrogen-bond acceptors (Lipinski definition) is 5. The molecular formula is C21H29N3O4. The van der Waals surface area contributed by atoms with E-state index in [-0.39, 0.29) is 17.9 Å². The Morgan fingerprint density at radius 2 is 1.86 bits per heavy atom. The minimum Gasteiger partial charge on any atom is -0.408 e. The molecule has 0 atom stereocenters. The number of oxazole rings is 1. The highest BCUT2D eigenvalue weighted by atomic mass is 16.5. The lowest BCUT2D eigenvalue weighted by atomic mass is 9.79. The monoisotopic (exact) mass is 387 g/mol. The van der Waals surface area contributed by atoms with Crippen molar-refractivity contribution in [2.75, 3.05) is 32.8 Å². The van der Waals surface area contributed by atoms with E-state index in [1.54, 1.807) is 6.07 Å². The molecule has 7 nitrogen and oxygen atoms in total. The number of carbonyl (C=O) groups excluding carboxylic acids is 1. The van der Waals surface area contributed by atoms with Crippen molar-refractivity contribution in [3.8, 4) is 0 Å². The molecule has 1 aromatic carbocycles. The number of nitrogens with one attached hydrogen (secondary N) is 1. The van der Waals surface area contributed by atoms with Crippen molar-refractivity contribution in [2.24, 2.45) is 0 Å². The Morgan fingerprint density at radius 3 is 2.64 bits per heavy atom. The Labute approximate surface area is 164 Å². The van der Waals surface area contributed by atoms with Crippen molar-refractivity contribution in [1.82, 2.24) is 14.8 Å². The first kappa shape index (κ1) is 19.2. The van der Waals surface area contributed by atoms with Crippen LogP contribution in [0.3, 0.4) is 0 Å². The highest BCUT2D eigenvalue weighted by molar-refractivity contribution is 5.76. The number of hydrogen-bond donors (Lipinski definition) is 1. The largest absolute Gasteiger partial charge is 0.419 e. The van der Waals surface area contributed by atoms with Crippen molar-refractivity contribution >= 4 is 17.0 Å². The lowest BCUT2D eigenvalue weighted by Crippen LogP contribution is -2.59. The van der Waals surface area contributed by atoms with E-state index in [0.717, 1.165) is 44.7 Å². The van der Waals surface area contributed by atoms with Gasteiger partial charge in [-0.1, -0.05) is 31.4 Å². The molecule has 1 aliphatic carbocycles. The molecule has 2 fully saturated rings. The molecule has 0 bridgehead atoms. The van der Waals surface area contributed by atoms with Gasteiger partial charge in [-0.2, -0.15) is 0 Å². The second-order valence-corrected chi connectivity index (χ2v) is 7.90. The fourth-order valence-corrected chi connectivity index (χ4v) is 4.64. The van der Waals surface area contributed by atoms with Gasteiger partial charge >= 0.3 is 5.76 Å². The van der Waals surface area contributed by atoms with Crippen molar-refractivity contribution in [2.45, 2.75) is 50.6 Å². The number of nitrogens with zero attached hydrogens (tertiary/aromatic N) is 2. The molecular weight excluding hydrogens is 358 g/mol. The highest BCUT2D eigenvalue weighted by Gasteiger charge is 2.38. The number of rotatable bonds is 6. The Hall–Kier alpha value is -2.12. The minimum atomic E-state index is -0.411. The first-order chi connectivity index (χ1) is 13.7. The molecule has 1 amide bonds. The van der Waals surface area contributed by atoms with Crippen molar-refractivity contribution in [3.63, 3.8) is 0 Å². The Kier molecular flexibility index (Phi) is 5.82. The van der Waals surface area contributed by atoms with Crippen LogP contribution in [-0.2, 0) is 16.1 Å². The van der Waals surface area contributed by atoms with Crippen LogP contribution < -0.4 is 11.1 Å². The molecule has 1 aromatic heterocycles. The lowest BCUT2D eigenvalue weighted by Gasteiger charge is -2.48. The van der Waals surface area contributed by atoms with Gasteiger partial charge in [0.1, 0.15) is 0 Å². The van der Waals surface area contributed by atoms with E-state index >= 15 is 0 Å². The average molecular weight is 387 g/mol. The Bertz CT molecular complexity index is 860. The van der Waals surface area contributed by atoms with Crippen LogP contribution in [0.2, 0.25) is 0 Å². The molecule has 0 unspecified atom stereocenters. The number of aromatic nitrogens is 1. The van der Waals surface area contributed by atoms with Crippen LogP contribution in [0.1, 0.15) is 38.5 Å². The van der Waals surface area contributed by atoms with Crippen LogP contribution in [0.5, 0.6) is 0 Å². The third kappa shape index (κ3) is 4.00. The summed E-state index contributed by atoms with van der Waals surface area (Å²) in [7, 11) is 0. The van der Waals surface area contributed by atoms with Crippen LogP contribution in [-0.4, -0.2) is 53.8 Å². The van der Waals surface area contributed by atoms with E-state index in [9.17, 15) is 9.59 Å². The summed E-state index contributed by atoms with van der Waals surface area (Å²) in [6.45, 7) is 4.41. The second-order valence-electron chi connectivity index (χ2n) is 7.90. The average Bonchev–Trinajstić information content (AvgIpc) is 3.07. The molecule has 1 saturated carbocycles. The molecule has 2 aliphatic rings. The number of ether oxygens (including phenoxy) is 1. The molecule has 1 saturated heterocycles. The van der Waals surface area contributed by atoms with Gasteiger partial charge in [0.25, 0.3) is 0 Å². The van der Waals surface area contributed by atoms with E-state index in [1.165, 1.54) is 23.8 Å². The molecule has 2 aromatic rings. The van der Waals surface area contributed by atoms with E-state index in [2.05, 4.69) is 10.2 Å². The van der Waals surface area contributed by atoms with Gasteiger partial charge in [-0.05, 0) is 25.0 Å². The second kappa shape index (κ2) is 8.49. The fraction of sp³-hybridized carbons (Fsp3) is 0.619. The highest BCUT2D eigenvalue weighted by Crippen LogP contribution is 2.33. The number of aryl methyl sites for hydroxylation is 1.